The second kappa shape index (κ2) is 4.79. The zero-order valence-electron chi connectivity index (χ0n) is 9.65. The molecule has 0 atom stereocenters. The topological polar surface area (TPSA) is 47.9 Å². The van der Waals surface area contributed by atoms with Crippen molar-refractivity contribution in [3.8, 4) is 6.01 Å². The molecule has 0 aliphatic rings. The maximum atomic E-state index is 5.54. The standard InChI is InChI=1S/C14H11N3O/c1-2-7-13-11(4-1)5-3-6-12(13)8-18-14-16-9-15-10-17-14/h1-7,9-10H,8H2. The van der Waals surface area contributed by atoms with Gasteiger partial charge in [0.25, 0.3) is 0 Å². The van der Waals surface area contributed by atoms with Crippen LogP contribution in [0.4, 0.5) is 0 Å². The Labute approximate surface area is 104 Å². The van der Waals surface area contributed by atoms with E-state index >= 15 is 0 Å². The van der Waals surface area contributed by atoms with Crippen molar-refractivity contribution in [1.82, 2.24) is 15.0 Å². The van der Waals surface area contributed by atoms with Crippen LogP contribution in [0.1, 0.15) is 5.56 Å². The highest BCUT2D eigenvalue weighted by Crippen LogP contribution is 2.19. The van der Waals surface area contributed by atoms with Gasteiger partial charge >= 0.3 is 6.01 Å². The first-order valence-electron chi connectivity index (χ1n) is 5.65. The van der Waals surface area contributed by atoms with Gasteiger partial charge in [0.2, 0.25) is 0 Å². The molecule has 2 aromatic carbocycles. The van der Waals surface area contributed by atoms with Crippen molar-refractivity contribution >= 4 is 10.8 Å². The van der Waals surface area contributed by atoms with Gasteiger partial charge < -0.3 is 4.74 Å². The number of fused-ring (bicyclic) bond motifs is 1. The molecule has 0 aliphatic carbocycles. The highest BCUT2D eigenvalue weighted by Gasteiger charge is 2.02. The van der Waals surface area contributed by atoms with Crippen LogP contribution >= 0.6 is 0 Å². The number of ether oxygens (including phenoxy) is 1. The summed E-state index contributed by atoms with van der Waals surface area (Å²) < 4.78 is 5.54. The zero-order valence-corrected chi connectivity index (χ0v) is 9.65. The van der Waals surface area contributed by atoms with Crippen molar-refractivity contribution in [2.45, 2.75) is 6.61 Å². The molecule has 3 aromatic rings. The van der Waals surface area contributed by atoms with E-state index in [-0.39, 0.29) is 0 Å². The summed E-state index contributed by atoms with van der Waals surface area (Å²) in [5.74, 6) is 0. The molecule has 18 heavy (non-hydrogen) atoms. The molecule has 0 fully saturated rings. The number of hydrogen-bond acceptors (Lipinski definition) is 4. The van der Waals surface area contributed by atoms with E-state index in [0.717, 1.165) is 5.56 Å². The van der Waals surface area contributed by atoms with Crippen LogP contribution in [-0.4, -0.2) is 15.0 Å². The van der Waals surface area contributed by atoms with Gasteiger partial charge in [-0.2, -0.15) is 9.97 Å². The Morgan fingerprint density at radius 3 is 2.56 bits per heavy atom. The molecule has 0 spiro atoms. The Morgan fingerprint density at radius 1 is 0.889 bits per heavy atom. The fourth-order valence-electron chi connectivity index (χ4n) is 1.86. The van der Waals surface area contributed by atoms with Gasteiger partial charge in [0, 0.05) is 0 Å². The molecule has 0 radical (unpaired) electrons. The highest BCUT2D eigenvalue weighted by atomic mass is 16.5. The summed E-state index contributed by atoms with van der Waals surface area (Å²) in [6.07, 6.45) is 2.84. The van der Waals surface area contributed by atoms with Crippen molar-refractivity contribution in [2.75, 3.05) is 0 Å². The average molecular weight is 237 g/mol. The summed E-state index contributed by atoms with van der Waals surface area (Å²) >= 11 is 0. The molecule has 1 aromatic heterocycles. The van der Waals surface area contributed by atoms with Crippen LogP contribution < -0.4 is 4.74 Å². The Hall–Kier alpha value is -2.49. The van der Waals surface area contributed by atoms with E-state index in [9.17, 15) is 0 Å². The lowest BCUT2D eigenvalue weighted by molar-refractivity contribution is 0.281. The predicted octanol–water partition coefficient (Wildman–Crippen LogP) is 2.60. The number of aromatic nitrogens is 3. The van der Waals surface area contributed by atoms with Gasteiger partial charge in [-0.1, -0.05) is 42.5 Å². The van der Waals surface area contributed by atoms with Crippen molar-refractivity contribution in [2.24, 2.45) is 0 Å². The number of rotatable bonds is 3. The minimum atomic E-state index is 0.345. The Morgan fingerprint density at radius 2 is 1.67 bits per heavy atom. The predicted molar refractivity (Wildman–Crippen MR) is 68.1 cm³/mol. The fraction of sp³-hybridized carbons (Fsp3) is 0.0714. The third kappa shape index (κ3) is 2.13. The van der Waals surface area contributed by atoms with Gasteiger partial charge in [-0.25, -0.2) is 4.98 Å². The normalized spacial score (nSPS) is 10.4. The Bertz CT molecular complexity index is 650. The first-order chi connectivity index (χ1) is 8.93. The smallest absolute Gasteiger partial charge is 0.319 e. The lowest BCUT2D eigenvalue weighted by Crippen LogP contribution is -2.00. The quantitative estimate of drug-likeness (QED) is 0.702. The molecule has 0 saturated heterocycles. The molecule has 0 aliphatic heterocycles. The SMILES string of the molecule is c1ccc2c(COc3ncncn3)cccc2c1. The van der Waals surface area contributed by atoms with Crippen molar-refractivity contribution in [3.63, 3.8) is 0 Å². The van der Waals surface area contributed by atoms with E-state index in [1.165, 1.54) is 23.4 Å². The summed E-state index contributed by atoms with van der Waals surface area (Å²) in [7, 11) is 0. The van der Waals surface area contributed by atoms with Gasteiger partial charge in [-0.15, -0.1) is 0 Å². The van der Waals surface area contributed by atoms with Gasteiger partial charge in [0.1, 0.15) is 19.3 Å². The van der Waals surface area contributed by atoms with E-state index in [1.807, 2.05) is 24.3 Å². The minimum Gasteiger partial charge on any atom is -0.458 e. The summed E-state index contributed by atoms with van der Waals surface area (Å²) in [5, 5.41) is 2.39. The van der Waals surface area contributed by atoms with Gasteiger partial charge in [-0.05, 0) is 16.3 Å². The van der Waals surface area contributed by atoms with Gasteiger partial charge in [-0.3, -0.25) is 0 Å². The molecule has 4 heteroatoms. The first kappa shape index (κ1) is 10.7. The monoisotopic (exact) mass is 237 g/mol. The number of hydrogen-bond donors (Lipinski definition) is 0. The van der Waals surface area contributed by atoms with Crippen LogP contribution in [0.3, 0.4) is 0 Å². The summed E-state index contributed by atoms with van der Waals surface area (Å²) in [4.78, 5) is 11.6. The van der Waals surface area contributed by atoms with Gasteiger partial charge in [0.05, 0.1) is 0 Å². The molecule has 0 saturated carbocycles. The van der Waals surface area contributed by atoms with Crippen LogP contribution in [0.15, 0.2) is 55.1 Å². The molecule has 0 amide bonds. The average Bonchev–Trinajstić information content (AvgIpc) is 2.46. The molecule has 0 N–H and O–H groups in total. The molecule has 88 valence electrons. The largest absolute Gasteiger partial charge is 0.458 e. The molecule has 0 bridgehead atoms. The second-order valence-electron chi connectivity index (χ2n) is 3.85. The van der Waals surface area contributed by atoms with Crippen LogP contribution in [0.5, 0.6) is 6.01 Å². The zero-order chi connectivity index (χ0) is 12.2. The first-order valence-corrected chi connectivity index (χ1v) is 5.65. The van der Waals surface area contributed by atoms with Crippen LogP contribution in [-0.2, 0) is 6.61 Å². The summed E-state index contributed by atoms with van der Waals surface area (Å²) in [6, 6.07) is 14.7. The van der Waals surface area contributed by atoms with E-state index in [1.54, 1.807) is 0 Å². The third-order valence-electron chi connectivity index (χ3n) is 2.71. The lowest BCUT2D eigenvalue weighted by atomic mass is 10.1. The molecule has 3 rings (SSSR count). The minimum absolute atomic E-state index is 0.345. The van der Waals surface area contributed by atoms with Crippen molar-refractivity contribution in [1.29, 1.82) is 0 Å². The molecular formula is C14H11N3O. The van der Waals surface area contributed by atoms with E-state index in [4.69, 9.17) is 4.74 Å². The Kier molecular flexibility index (Phi) is 2.84. The molecule has 4 nitrogen and oxygen atoms in total. The lowest BCUT2D eigenvalue weighted by Gasteiger charge is -2.07. The van der Waals surface area contributed by atoms with Gasteiger partial charge in [0.15, 0.2) is 0 Å². The maximum absolute atomic E-state index is 5.54. The maximum Gasteiger partial charge on any atom is 0.319 e. The fourth-order valence-corrected chi connectivity index (χ4v) is 1.86. The summed E-state index contributed by atoms with van der Waals surface area (Å²) in [5.41, 5.74) is 1.12. The third-order valence-corrected chi connectivity index (χ3v) is 2.71. The number of nitrogens with zero attached hydrogens (tertiary/aromatic N) is 3. The van der Waals surface area contributed by atoms with E-state index in [0.29, 0.717) is 12.6 Å². The van der Waals surface area contributed by atoms with Crippen LogP contribution in [0.2, 0.25) is 0 Å². The Balaban J connectivity index is 1.87. The summed E-state index contributed by atoms with van der Waals surface area (Å²) in [6.45, 7) is 0.450. The van der Waals surface area contributed by atoms with E-state index in [2.05, 4.69) is 33.2 Å². The van der Waals surface area contributed by atoms with Crippen molar-refractivity contribution in [3.05, 3.63) is 60.7 Å². The van der Waals surface area contributed by atoms with Crippen molar-refractivity contribution < 1.29 is 4.74 Å². The second-order valence-corrected chi connectivity index (χ2v) is 3.85. The number of benzene rings is 2. The molecule has 1 heterocycles. The highest BCUT2D eigenvalue weighted by molar-refractivity contribution is 5.85. The van der Waals surface area contributed by atoms with Crippen LogP contribution in [0, 0.1) is 0 Å². The van der Waals surface area contributed by atoms with Crippen LogP contribution in [0.25, 0.3) is 10.8 Å². The van der Waals surface area contributed by atoms with E-state index < -0.39 is 0 Å². The molecule has 0 unspecified atom stereocenters. The molecular weight excluding hydrogens is 226 g/mol.